The lowest BCUT2D eigenvalue weighted by Crippen LogP contribution is -2.29. The first-order valence-electron chi connectivity index (χ1n) is 8.74. The van der Waals surface area contributed by atoms with Gasteiger partial charge in [0.05, 0.1) is 5.92 Å². The van der Waals surface area contributed by atoms with E-state index in [-0.39, 0.29) is 17.7 Å². The van der Waals surface area contributed by atoms with Gasteiger partial charge in [0.15, 0.2) is 0 Å². The van der Waals surface area contributed by atoms with Crippen molar-refractivity contribution in [2.24, 2.45) is 5.92 Å². The molecule has 5 nitrogen and oxygen atoms in total. The van der Waals surface area contributed by atoms with Gasteiger partial charge in [-0.3, -0.25) is 9.59 Å². The first-order valence-corrected chi connectivity index (χ1v) is 8.74. The Morgan fingerprint density at radius 3 is 2.64 bits per heavy atom. The number of para-hydroxylation sites is 1. The van der Waals surface area contributed by atoms with Crippen molar-refractivity contribution in [1.82, 2.24) is 5.32 Å². The van der Waals surface area contributed by atoms with Crippen molar-refractivity contribution in [3.63, 3.8) is 0 Å². The minimum atomic E-state index is 0.00261. The fourth-order valence-electron chi connectivity index (χ4n) is 3.52. The Morgan fingerprint density at radius 1 is 1.08 bits per heavy atom. The molecule has 25 heavy (non-hydrogen) atoms. The van der Waals surface area contributed by atoms with E-state index >= 15 is 0 Å². The largest absolute Gasteiger partial charge is 0.326 e. The Kier molecular flexibility index (Phi) is 4.24. The van der Waals surface area contributed by atoms with Gasteiger partial charge in [-0.2, -0.15) is 0 Å². The molecule has 1 unspecified atom stereocenters. The van der Waals surface area contributed by atoms with Crippen LogP contribution in [0.4, 0.5) is 11.4 Å². The van der Waals surface area contributed by atoms with Gasteiger partial charge in [0.2, 0.25) is 5.91 Å². The smallest absolute Gasteiger partial charge is 0.258 e. The molecule has 4 rings (SSSR count). The molecule has 0 spiro atoms. The summed E-state index contributed by atoms with van der Waals surface area (Å²) in [5.41, 5.74) is 3.58. The second-order valence-corrected chi connectivity index (χ2v) is 6.59. The average Bonchev–Trinajstić information content (AvgIpc) is 3.32. The first kappa shape index (κ1) is 15.8. The summed E-state index contributed by atoms with van der Waals surface area (Å²) in [6, 6.07) is 15.2. The van der Waals surface area contributed by atoms with Crippen molar-refractivity contribution < 1.29 is 9.59 Å². The van der Waals surface area contributed by atoms with Crippen LogP contribution in [0, 0.1) is 5.92 Å². The lowest BCUT2D eigenvalue weighted by molar-refractivity contribution is -0.119. The monoisotopic (exact) mass is 335 g/mol. The molecule has 1 saturated heterocycles. The molecule has 2 N–H and O–H groups in total. The van der Waals surface area contributed by atoms with Crippen molar-refractivity contribution >= 4 is 23.2 Å². The van der Waals surface area contributed by atoms with Crippen LogP contribution in [0.15, 0.2) is 48.5 Å². The minimum Gasteiger partial charge on any atom is -0.326 e. The van der Waals surface area contributed by atoms with Crippen LogP contribution in [0.1, 0.15) is 22.3 Å². The molecule has 5 heteroatoms. The second kappa shape index (κ2) is 6.69. The first-order chi connectivity index (χ1) is 12.2. The van der Waals surface area contributed by atoms with Crippen LogP contribution in [0.3, 0.4) is 0 Å². The van der Waals surface area contributed by atoms with E-state index in [4.69, 9.17) is 0 Å². The van der Waals surface area contributed by atoms with Gasteiger partial charge in [-0.15, -0.1) is 0 Å². The van der Waals surface area contributed by atoms with Crippen molar-refractivity contribution in [2.45, 2.75) is 12.8 Å². The highest BCUT2D eigenvalue weighted by molar-refractivity contribution is 6.07. The lowest BCUT2D eigenvalue weighted by Gasteiger charge is -2.17. The number of rotatable bonds is 3. The maximum atomic E-state index is 12.8. The molecule has 0 saturated carbocycles. The van der Waals surface area contributed by atoms with Crippen LogP contribution in [0.25, 0.3) is 0 Å². The summed E-state index contributed by atoms with van der Waals surface area (Å²) in [4.78, 5) is 26.8. The summed E-state index contributed by atoms with van der Waals surface area (Å²) in [6.07, 6.45) is 1.77. The van der Waals surface area contributed by atoms with Gasteiger partial charge in [0.1, 0.15) is 0 Å². The second-order valence-electron chi connectivity index (χ2n) is 6.59. The van der Waals surface area contributed by atoms with E-state index in [0.717, 1.165) is 37.3 Å². The summed E-state index contributed by atoms with van der Waals surface area (Å²) in [5.74, 6) is 0.0720. The molecular formula is C20H21N3O2. The number of amides is 2. The molecule has 2 aliphatic rings. The van der Waals surface area contributed by atoms with Gasteiger partial charge in [-0.25, -0.2) is 0 Å². The predicted molar refractivity (Wildman–Crippen MR) is 97.9 cm³/mol. The van der Waals surface area contributed by atoms with E-state index in [1.807, 2.05) is 23.1 Å². The van der Waals surface area contributed by atoms with Crippen LogP contribution >= 0.6 is 0 Å². The third-order valence-corrected chi connectivity index (χ3v) is 4.96. The Bertz CT molecular complexity index is 795. The minimum absolute atomic E-state index is 0.00261. The van der Waals surface area contributed by atoms with Gasteiger partial charge >= 0.3 is 0 Å². The molecule has 128 valence electrons. The fraction of sp³-hybridized carbons (Fsp3) is 0.300. The molecule has 2 aromatic rings. The molecular weight excluding hydrogens is 314 g/mol. The zero-order valence-corrected chi connectivity index (χ0v) is 14.0. The molecule has 1 atom stereocenters. The molecule has 2 heterocycles. The van der Waals surface area contributed by atoms with Crippen LogP contribution < -0.4 is 15.5 Å². The van der Waals surface area contributed by atoms with Crippen molar-refractivity contribution in [3.8, 4) is 0 Å². The highest BCUT2D eigenvalue weighted by atomic mass is 16.2. The number of carbonyl (C=O) groups excluding carboxylic acids is 2. The van der Waals surface area contributed by atoms with E-state index in [0.29, 0.717) is 12.1 Å². The van der Waals surface area contributed by atoms with Gasteiger partial charge in [-0.05, 0) is 55.3 Å². The Labute approximate surface area is 147 Å². The number of carbonyl (C=O) groups is 2. The van der Waals surface area contributed by atoms with Gasteiger partial charge in [0, 0.05) is 30.0 Å². The SMILES string of the molecule is O=C(Nc1ccc(C(=O)N2CCc3ccccc32)cc1)C1CCNC1. The van der Waals surface area contributed by atoms with E-state index in [1.165, 1.54) is 5.56 Å². The number of hydrogen-bond acceptors (Lipinski definition) is 3. The Hall–Kier alpha value is -2.66. The van der Waals surface area contributed by atoms with Gasteiger partial charge in [-0.1, -0.05) is 18.2 Å². The lowest BCUT2D eigenvalue weighted by atomic mass is 10.1. The number of hydrogen-bond donors (Lipinski definition) is 2. The molecule has 0 aromatic heterocycles. The standard InChI is InChI=1S/C20H21N3O2/c24-19(16-9-11-21-13-16)22-17-7-5-15(6-8-17)20(25)23-12-10-14-3-1-2-4-18(14)23/h1-8,16,21H,9-13H2,(H,22,24). The predicted octanol–water partition coefficient (Wildman–Crippen LogP) is 2.44. The van der Waals surface area contributed by atoms with Crippen LogP contribution in [-0.4, -0.2) is 31.4 Å². The molecule has 1 fully saturated rings. The van der Waals surface area contributed by atoms with Crippen molar-refractivity contribution in [2.75, 3.05) is 29.9 Å². The van der Waals surface area contributed by atoms with Crippen molar-refractivity contribution in [3.05, 3.63) is 59.7 Å². The molecule has 2 aliphatic heterocycles. The van der Waals surface area contributed by atoms with E-state index in [1.54, 1.807) is 24.3 Å². The highest BCUT2D eigenvalue weighted by Crippen LogP contribution is 2.29. The molecule has 2 aromatic carbocycles. The zero-order chi connectivity index (χ0) is 17.2. The Balaban J connectivity index is 1.45. The maximum absolute atomic E-state index is 12.8. The molecule has 2 amide bonds. The molecule has 0 bridgehead atoms. The fourth-order valence-corrected chi connectivity index (χ4v) is 3.52. The van der Waals surface area contributed by atoms with Crippen LogP contribution in [-0.2, 0) is 11.2 Å². The summed E-state index contributed by atoms with van der Waals surface area (Å²) in [5, 5.41) is 6.12. The van der Waals surface area contributed by atoms with Crippen LogP contribution in [0.2, 0.25) is 0 Å². The number of benzene rings is 2. The third kappa shape index (κ3) is 3.15. The maximum Gasteiger partial charge on any atom is 0.258 e. The van der Waals surface area contributed by atoms with E-state index in [9.17, 15) is 9.59 Å². The average molecular weight is 335 g/mol. The number of nitrogens with one attached hydrogen (secondary N) is 2. The summed E-state index contributed by atoms with van der Waals surface area (Å²) >= 11 is 0. The quantitative estimate of drug-likeness (QED) is 0.906. The zero-order valence-electron chi connectivity index (χ0n) is 14.0. The molecule has 0 aliphatic carbocycles. The topological polar surface area (TPSA) is 61.4 Å². The van der Waals surface area contributed by atoms with E-state index in [2.05, 4.69) is 16.7 Å². The Morgan fingerprint density at radius 2 is 1.88 bits per heavy atom. The van der Waals surface area contributed by atoms with E-state index < -0.39 is 0 Å². The summed E-state index contributed by atoms with van der Waals surface area (Å²) < 4.78 is 0. The van der Waals surface area contributed by atoms with Gasteiger partial charge < -0.3 is 15.5 Å². The number of anilines is 2. The number of fused-ring (bicyclic) bond motifs is 1. The van der Waals surface area contributed by atoms with Gasteiger partial charge in [0.25, 0.3) is 5.91 Å². The number of nitrogens with zero attached hydrogens (tertiary/aromatic N) is 1. The molecule has 0 radical (unpaired) electrons. The van der Waals surface area contributed by atoms with Crippen molar-refractivity contribution in [1.29, 1.82) is 0 Å². The summed E-state index contributed by atoms with van der Waals surface area (Å²) in [6.45, 7) is 2.34. The third-order valence-electron chi connectivity index (χ3n) is 4.96. The summed E-state index contributed by atoms with van der Waals surface area (Å²) in [7, 11) is 0. The van der Waals surface area contributed by atoms with Crippen LogP contribution in [0.5, 0.6) is 0 Å². The highest BCUT2D eigenvalue weighted by Gasteiger charge is 2.25. The normalized spacial score (nSPS) is 18.9.